The van der Waals surface area contributed by atoms with Crippen molar-refractivity contribution in [1.82, 2.24) is 0 Å². The number of hydrogen-bond acceptors (Lipinski definition) is 4. The zero-order valence-electron chi connectivity index (χ0n) is 12.2. The van der Waals surface area contributed by atoms with E-state index in [1.54, 1.807) is 18.2 Å². The lowest BCUT2D eigenvalue weighted by molar-refractivity contribution is 0.542. The molecule has 4 nitrogen and oxygen atoms in total. The monoisotopic (exact) mass is 357 g/mol. The number of halogens is 2. The number of anilines is 1. The van der Waals surface area contributed by atoms with Crippen molar-refractivity contribution in [2.45, 2.75) is 23.6 Å². The van der Waals surface area contributed by atoms with Crippen molar-refractivity contribution < 1.29 is 17.5 Å². The van der Waals surface area contributed by atoms with Gasteiger partial charge < -0.3 is 15.0 Å². The van der Waals surface area contributed by atoms with Gasteiger partial charge in [0.15, 0.2) is 0 Å². The lowest BCUT2D eigenvalue weighted by Crippen LogP contribution is -2.08. The molecule has 0 saturated heterocycles. The summed E-state index contributed by atoms with van der Waals surface area (Å²) in [5, 5.41) is 0. The van der Waals surface area contributed by atoms with E-state index >= 15 is 0 Å². The van der Waals surface area contributed by atoms with Gasteiger partial charge in [-0.05, 0) is 36.2 Å². The van der Waals surface area contributed by atoms with Crippen LogP contribution in [0.15, 0.2) is 41.3 Å². The van der Waals surface area contributed by atoms with Crippen molar-refractivity contribution in [3.63, 3.8) is 0 Å². The van der Waals surface area contributed by atoms with Gasteiger partial charge in [0.05, 0.1) is 0 Å². The van der Waals surface area contributed by atoms with Gasteiger partial charge in [-0.15, -0.1) is 11.8 Å². The molecule has 0 aliphatic heterocycles. The number of nitrogens with one attached hydrogen (secondary N) is 1. The molecule has 2 aromatic rings. The second kappa shape index (κ2) is 7.87. The highest BCUT2D eigenvalue weighted by atomic mass is 32.2. The average molecular weight is 357 g/mol. The topological polar surface area (TPSA) is 78.2 Å². The van der Waals surface area contributed by atoms with E-state index in [9.17, 15) is 17.5 Å². The zero-order valence-corrected chi connectivity index (χ0v) is 13.8. The molecule has 2 unspecified atom stereocenters. The Bertz CT molecular complexity index is 727. The molecule has 0 amide bonds. The Balaban J connectivity index is 2.25. The van der Waals surface area contributed by atoms with Crippen molar-refractivity contribution in [3.8, 4) is 0 Å². The van der Waals surface area contributed by atoms with Crippen LogP contribution in [0.2, 0.25) is 0 Å². The maximum absolute atomic E-state index is 13.7. The van der Waals surface area contributed by atoms with Crippen molar-refractivity contribution in [2.24, 2.45) is 5.73 Å². The third kappa shape index (κ3) is 5.00. The summed E-state index contributed by atoms with van der Waals surface area (Å²) in [5.41, 5.74) is 7.73. The van der Waals surface area contributed by atoms with Crippen molar-refractivity contribution in [1.29, 1.82) is 0 Å². The van der Waals surface area contributed by atoms with Crippen LogP contribution in [-0.4, -0.2) is 8.76 Å². The molecule has 0 aromatic heterocycles. The van der Waals surface area contributed by atoms with Crippen LogP contribution in [0.5, 0.6) is 0 Å². The lowest BCUT2D eigenvalue weighted by Gasteiger charge is -2.16. The second-order valence-corrected chi connectivity index (χ2v) is 6.60. The molecule has 23 heavy (non-hydrogen) atoms. The van der Waals surface area contributed by atoms with Gasteiger partial charge in [-0.25, -0.2) is 8.78 Å². The Hall–Kier alpha value is -1.48. The molecule has 0 radical (unpaired) electrons. The molecule has 0 aliphatic rings. The van der Waals surface area contributed by atoms with Crippen LogP contribution in [0, 0.1) is 11.6 Å². The molecular formula is C15H15F2N2O2S2-. The normalized spacial score (nSPS) is 13.6. The van der Waals surface area contributed by atoms with Gasteiger partial charge in [0.25, 0.3) is 0 Å². The predicted octanol–water partition coefficient (Wildman–Crippen LogP) is 3.48. The maximum atomic E-state index is 13.7. The van der Waals surface area contributed by atoms with Gasteiger partial charge in [0, 0.05) is 39.7 Å². The van der Waals surface area contributed by atoms with E-state index in [0.29, 0.717) is 17.0 Å². The lowest BCUT2D eigenvalue weighted by atomic mass is 10.1. The van der Waals surface area contributed by atoms with Gasteiger partial charge in [-0.3, -0.25) is 4.21 Å². The molecule has 0 fully saturated rings. The molecule has 0 spiro atoms. The number of nitrogens with two attached hydrogens (primary N) is 1. The first-order chi connectivity index (χ1) is 10.9. The number of hydrogen-bond donors (Lipinski definition) is 2. The van der Waals surface area contributed by atoms with Gasteiger partial charge in [0.2, 0.25) is 0 Å². The van der Waals surface area contributed by atoms with E-state index in [-0.39, 0.29) is 10.9 Å². The zero-order chi connectivity index (χ0) is 17.0. The fourth-order valence-electron chi connectivity index (χ4n) is 1.95. The maximum Gasteiger partial charge on any atom is 0.139 e. The standard InChI is InChI=1S/C15H16F2N2O2S2/c1-9(18)10-2-4-14(19-23(20)21)11(6-10)8-22-15-5-3-12(16)7-13(15)17/h2-7,9,19H,8,18H2,1H3,(H,20,21)/p-1. The van der Waals surface area contributed by atoms with Gasteiger partial charge >= 0.3 is 0 Å². The molecule has 0 heterocycles. The van der Waals surface area contributed by atoms with Crippen LogP contribution in [0.4, 0.5) is 14.5 Å². The minimum Gasteiger partial charge on any atom is -0.755 e. The molecule has 124 valence electrons. The first kappa shape index (κ1) is 17.9. The molecule has 3 N–H and O–H groups in total. The van der Waals surface area contributed by atoms with Crippen LogP contribution >= 0.6 is 11.8 Å². The largest absolute Gasteiger partial charge is 0.755 e. The Morgan fingerprint density at radius 1 is 1.30 bits per heavy atom. The second-order valence-electron chi connectivity index (χ2n) is 4.91. The Kier molecular flexibility index (Phi) is 6.11. The minimum absolute atomic E-state index is 0.215. The molecule has 0 bridgehead atoms. The molecule has 0 aliphatic carbocycles. The van der Waals surface area contributed by atoms with E-state index in [4.69, 9.17) is 5.73 Å². The summed E-state index contributed by atoms with van der Waals surface area (Å²) < 4.78 is 50.6. The summed E-state index contributed by atoms with van der Waals surface area (Å²) >= 11 is -1.32. The van der Waals surface area contributed by atoms with Crippen molar-refractivity contribution in [3.05, 3.63) is 59.2 Å². The van der Waals surface area contributed by atoms with E-state index in [1.165, 1.54) is 12.1 Å². The van der Waals surface area contributed by atoms with Crippen LogP contribution < -0.4 is 10.5 Å². The van der Waals surface area contributed by atoms with Gasteiger partial charge in [-0.2, -0.15) is 0 Å². The quantitative estimate of drug-likeness (QED) is 0.613. The predicted molar refractivity (Wildman–Crippen MR) is 87.5 cm³/mol. The van der Waals surface area contributed by atoms with Crippen LogP contribution in [0.1, 0.15) is 24.1 Å². The highest BCUT2D eigenvalue weighted by Gasteiger charge is 2.10. The van der Waals surface area contributed by atoms with Crippen molar-refractivity contribution >= 4 is 28.7 Å². The first-order valence-electron chi connectivity index (χ1n) is 6.69. The Labute approximate surface area is 139 Å². The smallest absolute Gasteiger partial charge is 0.139 e. The van der Waals surface area contributed by atoms with Crippen LogP contribution in [-0.2, 0) is 17.0 Å². The van der Waals surface area contributed by atoms with Gasteiger partial charge in [-0.1, -0.05) is 12.1 Å². The number of rotatable bonds is 6. The Morgan fingerprint density at radius 3 is 2.65 bits per heavy atom. The highest BCUT2D eigenvalue weighted by molar-refractivity contribution is 7.98. The molecule has 8 heteroatoms. The summed E-state index contributed by atoms with van der Waals surface area (Å²) in [6, 6.07) is 8.24. The van der Waals surface area contributed by atoms with Crippen LogP contribution in [0.3, 0.4) is 0 Å². The van der Waals surface area contributed by atoms with E-state index in [2.05, 4.69) is 4.72 Å². The number of thioether (sulfide) groups is 1. The third-order valence-corrected chi connectivity index (χ3v) is 4.61. The summed E-state index contributed by atoms with van der Waals surface area (Å²) in [6.45, 7) is 1.81. The molecule has 2 rings (SSSR count). The van der Waals surface area contributed by atoms with Gasteiger partial charge in [0.1, 0.15) is 11.6 Å². The average Bonchev–Trinajstić information content (AvgIpc) is 2.46. The third-order valence-electron chi connectivity index (χ3n) is 3.13. The summed E-state index contributed by atoms with van der Waals surface area (Å²) in [6.07, 6.45) is 0. The molecule has 2 aromatic carbocycles. The Morgan fingerprint density at radius 2 is 2.04 bits per heavy atom. The fourth-order valence-corrected chi connectivity index (χ4v) is 3.24. The summed E-state index contributed by atoms with van der Waals surface area (Å²) in [7, 11) is 0. The molecular weight excluding hydrogens is 342 g/mol. The van der Waals surface area contributed by atoms with E-state index in [1.807, 2.05) is 6.92 Å². The minimum atomic E-state index is -2.46. The highest BCUT2D eigenvalue weighted by Crippen LogP contribution is 2.30. The number of benzene rings is 2. The van der Waals surface area contributed by atoms with E-state index in [0.717, 1.165) is 23.4 Å². The van der Waals surface area contributed by atoms with E-state index < -0.39 is 22.9 Å². The van der Waals surface area contributed by atoms with Crippen LogP contribution in [0.25, 0.3) is 0 Å². The summed E-state index contributed by atoms with van der Waals surface area (Å²) in [4.78, 5) is 0.284. The van der Waals surface area contributed by atoms with Crippen molar-refractivity contribution in [2.75, 3.05) is 4.72 Å². The molecule has 0 saturated carbocycles. The first-order valence-corrected chi connectivity index (χ1v) is 8.75. The molecule has 2 atom stereocenters. The SMILES string of the molecule is CC(N)c1ccc(NS(=O)[O-])c(CSc2ccc(F)cc2F)c1. The fraction of sp³-hybridized carbons (Fsp3) is 0.200. The summed E-state index contributed by atoms with van der Waals surface area (Å²) in [5.74, 6) is -0.988.